The van der Waals surface area contributed by atoms with Gasteiger partial charge in [0.1, 0.15) is 0 Å². The topological polar surface area (TPSA) is 37.3 Å². The molecule has 56 valence electrons. The Balaban J connectivity index is 2.28. The molecule has 0 radical (unpaired) electrons. The lowest BCUT2D eigenvalue weighted by atomic mass is 9.92. The normalized spacial score (nSPS) is 24.6. The molecule has 0 aromatic heterocycles. The molecule has 1 aliphatic rings. The standard InChI is InChI=1S/C8H12O2/c9-8(10)6-7-4-2-1-3-5-7/h1-2,7H,3-6H2,(H,9,10). The molecular weight excluding hydrogens is 128 g/mol. The maximum atomic E-state index is 10.2. The van der Waals surface area contributed by atoms with Crippen molar-refractivity contribution >= 4 is 5.97 Å². The van der Waals surface area contributed by atoms with Crippen LogP contribution < -0.4 is 0 Å². The summed E-state index contributed by atoms with van der Waals surface area (Å²) >= 11 is 0. The minimum atomic E-state index is -0.666. The summed E-state index contributed by atoms with van der Waals surface area (Å²) in [5.41, 5.74) is 0. The van der Waals surface area contributed by atoms with Crippen LogP contribution in [0.4, 0.5) is 0 Å². The molecule has 0 bridgehead atoms. The highest BCUT2D eigenvalue weighted by Gasteiger charge is 2.12. The Morgan fingerprint density at radius 2 is 2.40 bits per heavy atom. The molecule has 1 aliphatic carbocycles. The highest BCUT2D eigenvalue weighted by molar-refractivity contribution is 5.67. The molecule has 1 rings (SSSR count). The van der Waals surface area contributed by atoms with E-state index < -0.39 is 5.97 Å². The molecule has 0 amide bonds. The quantitative estimate of drug-likeness (QED) is 0.594. The van der Waals surface area contributed by atoms with Crippen LogP contribution in [-0.2, 0) is 4.79 Å². The number of aliphatic carboxylic acids is 1. The number of hydrogen-bond acceptors (Lipinski definition) is 1. The first kappa shape index (κ1) is 7.32. The van der Waals surface area contributed by atoms with E-state index in [1.54, 1.807) is 0 Å². The number of hydrogen-bond donors (Lipinski definition) is 1. The summed E-state index contributed by atoms with van der Waals surface area (Å²) < 4.78 is 0. The highest BCUT2D eigenvalue weighted by Crippen LogP contribution is 2.20. The summed E-state index contributed by atoms with van der Waals surface area (Å²) in [5, 5.41) is 8.44. The van der Waals surface area contributed by atoms with E-state index in [0.29, 0.717) is 12.3 Å². The minimum Gasteiger partial charge on any atom is -0.481 e. The first-order valence-corrected chi connectivity index (χ1v) is 3.66. The van der Waals surface area contributed by atoms with Crippen molar-refractivity contribution in [3.63, 3.8) is 0 Å². The largest absolute Gasteiger partial charge is 0.481 e. The Morgan fingerprint density at radius 3 is 2.90 bits per heavy atom. The zero-order valence-electron chi connectivity index (χ0n) is 5.92. The van der Waals surface area contributed by atoms with Crippen LogP contribution in [0.5, 0.6) is 0 Å². The monoisotopic (exact) mass is 140 g/mol. The summed E-state index contributed by atoms with van der Waals surface area (Å²) in [5.74, 6) is -0.275. The minimum absolute atomic E-state index is 0.338. The van der Waals surface area contributed by atoms with Gasteiger partial charge in [-0.1, -0.05) is 12.2 Å². The highest BCUT2D eigenvalue weighted by atomic mass is 16.4. The zero-order valence-corrected chi connectivity index (χ0v) is 5.92. The van der Waals surface area contributed by atoms with Crippen LogP contribution in [-0.4, -0.2) is 11.1 Å². The molecule has 0 heterocycles. The van der Waals surface area contributed by atoms with Gasteiger partial charge in [0.05, 0.1) is 0 Å². The molecule has 2 nitrogen and oxygen atoms in total. The molecule has 0 spiro atoms. The second-order valence-corrected chi connectivity index (χ2v) is 2.75. The Morgan fingerprint density at radius 1 is 1.60 bits per heavy atom. The van der Waals surface area contributed by atoms with Gasteiger partial charge in [-0.15, -0.1) is 0 Å². The van der Waals surface area contributed by atoms with E-state index in [2.05, 4.69) is 12.2 Å². The number of rotatable bonds is 2. The van der Waals surface area contributed by atoms with Crippen molar-refractivity contribution in [1.29, 1.82) is 0 Å². The zero-order chi connectivity index (χ0) is 7.40. The predicted octanol–water partition coefficient (Wildman–Crippen LogP) is 1.82. The van der Waals surface area contributed by atoms with Crippen LogP contribution >= 0.6 is 0 Å². The van der Waals surface area contributed by atoms with Crippen LogP contribution in [0.2, 0.25) is 0 Å². The fourth-order valence-corrected chi connectivity index (χ4v) is 1.29. The van der Waals surface area contributed by atoms with Gasteiger partial charge in [-0.2, -0.15) is 0 Å². The number of carboxylic acid groups (broad SMARTS) is 1. The van der Waals surface area contributed by atoms with Crippen molar-refractivity contribution in [2.24, 2.45) is 5.92 Å². The third-order valence-corrected chi connectivity index (χ3v) is 1.84. The maximum absolute atomic E-state index is 10.2. The summed E-state index contributed by atoms with van der Waals surface area (Å²) in [4.78, 5) is 10.2. The van der Waals surface area contributed by atoms with Crippen LogP contribution in [0.3, 0.4) is 0 Å². The fourth-order valence-electron chi connectivity index (χ4n) is 1.29. The van der Waals surface area contributed by atoms with Gasteiger partial charge in [0, 0.05) is 6.42 Å². The number of carbonyl (C=O) groups is 1. The van der Waals surface area contributed by atoms with Gasteiger partial charge < -0.3 is 5.11 Å². The van der Waals surface area contributed by atoms with E-state index >= 15 is 0 Å². The molecule has 0 aliphatic heterocycles. The smallest absolute Gasteiger partial charge is 0.303 e. The Kier molecular flexibility index (Phi) is 2.49. The predicted molar refractivity (Wildman–Crippen MR) is 38.7 cm³/mol. The Hall–Kier alpha value is -0.790. The van der Waals surface area contributed by atoms with Crippen molar-refractivity contribution in [1.82, 2.24) is 0 Å². The first-order valence-electron chi connectivity index (χ1n) is 3.66. The van der Waals surface area contributed by atoms with Gasteiger partial charge in [0.2, 0.25) is 0 Å². The van der Waals surface area contributed by atoms with Gasteiger partial charge in [-0.25, -0.2) is 0 Å². The summed E-state index contributed by atoms with van der Waals surface area (Å²) in [6.07, 6.45) is 7.59. The third kappa shape index (κ3) is 2.21. The van der Waals surface area contributed by atoms with E-state index in [1.807, 2.05) is 0 Å². The lowest BCUT2D eigenvalue weighted by Gasteiger charge is -2.14. The Bertz CT molecular complexity index is 149. The van der Waals surface area contributed by atoms with Crippen LogP contribution in [0.1, 0.15) is 25.7 Å². The second kappa shape index (κ2) is 3.40. The van der Waals surface area contributed by atoms with Crippen molar-refractivity contribution in [2.75, 3.05) is 0 Å². The molecule has 2 heteroatoms. The molecule has 0 fully saturated rings. The summed E-state index contributed by atoms with van der Waals surface area (Å²) in [7, 11) is 0. The second-order valence-electron chi connectivity index (χ2n) is 2.75. The van der Waals surface area contributed by atoms with Crippen LogP contribution in [0.15, 0.2) is 12.2 Å². The number of carboxylic acids is 1. The molecule has 0 saturated heterocycles. The fraction of sp³-hybridized carbons (Fsp3) is 0.625. The lowest BCUT2D eigenvalue weighted by molar-refractivity contribution is -0.138. The molecule has 1 N–H and O–H groups in total. The van der Waals surface area contributed by atoms with E-state index in [4.69, 9.17) is 5.11 Å². The van der Waals surface area contributed by atoms with E-state index in [9.17, 15) is 4.79 Å². The molecule has 0 aromatic carbocycles. The van der Waals surface area contributed by atoms with E-state index in [1.165, 1.54) is 0 Å². The van der Waals surface area contributed by atoms with Gasteiger partial charge in [0.25, 0.3) is 0 Å². The first-order chi connectivity index (χ1) is 4.79. The average molecular weight is 140 g/mol. The number of allylic oxidation sites excluding steroid dienone is 2. The van der Waals surface area contributed by atoms with Crippen molar-refractivity contribution in [2.45, 2.75) is 25.7 Å². The van der Waals surface area contributed by atoms with Gasteiger partial charge in [0.15, 0.2) is 0 Å². The van der Waals surface area contributed by atoms with Crippen molar-refractivity contribution < 1.29 is 9.90 Å². The maximum Gasteiger partial charge on any atom is 0.303 e. The molecule has 10 heavy (non-hydrogen) atoms. The van der Waals surface area contributed by atoms with E-state index in [0.717, 1.165) is 19.3 Å². The molecule has 1 atom stereocenters. The molecule has 0 saturated carbocycles. The van der Waals surface area contributed by atoms with Gasteiger partial charge in [-0.3, -0.25) is 4.79 Å². The van der Waals surface area contributed by atoms with Gasteiger partial charge in [-0.05, 0) is 25.2 Å². The summed E-state index contributed by atoms with van der Waals surface area (Å²) in [6.45, 7) is 0. The Labute approximate surface area is 60.6 Å². The SMILES string of the molecule is O=C(O)CC1CC=CCC1. The molecule has 0 aromatic rings. The average Bonchev–Trinajstić information content (AvgIpc) is 1.88. The third-order valence-electron chi connectivity index (χ3n) is 1.84. The molecule has 1 unspecified atom stereocenters. The van der Waals surface area contributed by atoms with Crippen molar-refractivity contribution in [3.8, 4) is 0 Å². The van der Waals surface area contributed by atoms with Crippen molar-refractivity contribution in [3.05, 3.63) is 12.2 Å². The molecular formula is C8H12O2. The lowest BCUT2D eigenvalue weighted by Crippen LogP contribution is -2.08. The van der Waals surface area contributed by atoms with Crippen LogP contribution in [0.25, 0.3) is 0 Å². The summed E-state index contributed by atoms with van der Waals surface area (Å²) in [6, 6.07) is 0. The van der Waals surface area contributed by atoms with E-state index in [-0.39, 0.29) is 0 Å². The van der Waals surface area contributed by atoms with Gasteiger partial charge >= 0.3 is 5.97 Å². The van der Waals surface area contributed by atoms with Crippen LogP contribution in [0, 0.1) is 5.92 Å².